The molecule has 57 heavy (non-hydrogen) atoms. The van der Waals surface area contributed by atoms with E-state index < -0.39 is 10.8 Å². The Labute approximate surface area is 331 Å². The van der Waals surface area contributed by atoms with Crippen LogP contribution in [-0.2, 0) is 10.8 Å². The van der Waals surface area contributed by atoms with Crippen molar-refractivity contribution in [2.24, 2.45) is 0 Å². The Hall–Kier alpha value is -7.22. The average molecular weight is 722 g/mol. The van der Waals surface area contributed by atoms with Crippen LogP contribution >= 0.6 is 0 Å². The molecule has 1 heterocycles. The smallest absolute Gasteiger partial charge is 0.0720 e. The summed E-state index contributed by atoms with van der Waals surface area (Å²) in [4.78, 5) is 0. The van der Waals surface area contributed by atoms with Gasteiger partial charge in [-0.1, -0.05) is 182 Å². The Morgan fingerprint density at radius 3 is 1.32 bits per heavy atom. The van der Waals surface area contributed by atoms with Gasteiger partial charge in [-0.3, -0.25) is 0 Å². The molecule has 3 aliphatic rings. The van der Waals surface area contributed by atoms with E-state index in [1.54, 1.807) is 0 Å². The zero-order valence-electron chi connectivity index (χ0n) is 31.2. The van der Waals surface area contributed by atoms with E-state index in [2.05, 4.69) is 217 Å². The fraction of sp³-hybridized carbons (Fsp3) is 0.0357. The predicted molar refractivity (Wildman–Crippen MR) is 234 cm³/mol. The first-order valence-electron chi connectivity index (χ1n) is 20.0. The van der Waals surface area contributed by atoms with Gasteiger partial charge in [0.2, 0.25) is 0 Å². The minimum atomic E-state index is -0.526. The summed E-state index contributed by atoms with van der Waals surface area (Å²) >= 11 is 0. The monoisotopic (exact) mass is 721 g/mol. The van der Waals surface area contributed by atoms with Gasteiger partial charge in [0, 0.05) is 16.5 Å². The molecule has 13 rings (SSSR count). The van der Waals surface area contributed by atoms with E-state index in [0.29, 0.717) is 0 Å². The summed E-state index contributed by atoms with van der Waals surface area (Å²) in [6, 6.07) is 80.0. The van der Waals surface area contributed by atoms with Crippen molar-refractivity contribution in [3.05, 3.63) is 257 Å². The Bertz CT molecular complexity index is 3210. The third-order valence-electron chi connectivity index (χ3n) is 13.5. The molecule has 0 saturated heterocycles. The number of aromatic nitrogens is 1. The van der Waals surface area contributed by atoms with Crippen molar-refractivity contribution in [2.45, 2.75) is 10.8 Å². The van der Waals surface area contributed by atoms with Gasteiger partial charge in [-0.2, -0.15) is 0 Å². The number of para-hydroxylation sites is 1. The van der Waals surface area contributed by atoms with Crippen molar-refractivity contribution < 1.29 is 0 Å². The first-order chi connectivity index (χ1) is 28.3. The molecular weight excluding hydrogens is 687 g/mol. The molecule has 0 radical (unpaired) electrons. The van der Waals surface area contributed by atoms with Gasteiger partial charge in [-0.25, -0.2) is 0 Å². The van der Waals surface area contributed by atoms with Crippen molar-refractivity contribution in [1.82, 2.24) is 4.57 Å². The number of benzene rings is 9. The molecule has 1 aromatic heterocycles. The number of hydrogen-bond donors (Lipinski definition) is 0. The van der Waals surface area contributed by atoms with Crippen LogP contribution in [0.25, 0.3) is 60.9 Å². The van der Waals surface area contributed by atoms with E-state index >= 15 is 0 Å². The molecule has 1 heteroatoms. The lowest BCUT2D eigenvalue weighted by Crippen LogP contribution is -2.43. The molecule has 0 fully saturated rings. The fourth-order valence-corrected chi connectivity index (χ4v) is 11.4. The number of hydrogen-bond acceptors (Lipinski definition) is 0. The van der Waals surface area contributed by atoms with Crippen LogP contribution in [0, 0.1) is 0 Å². The second-order valence-electron chi connectivity index (χ2n) is 15.9. The molecule has 9 aromatic carbocycles. The highest BCUT2D eigenvalue weighted by molar-refractivity contribution is 6.12. The van der Waals surface area contributed by atoms with Gasteiger partial charge in [0.15, 0.2) is 0 Å². The maximum absolute atomic E-state index is 2.56. The average Bonchev–Trinajstić information content (AvgIpc) is 3.88. The SMILES string of the molecule is c1ccc(-c2cccc(-n3c4ccccc4c4cc5c(cc43)-c3ccccc3C53c4ccccc4C4(c5ccccc5-c5ccccc54)c4ccccc43)c2)cc1. The first kappa shape index (κ1) is 31.0. The number of fused-ring (bicyclic) bond motifs is 19. The maximum atomic E-state index is 2.56. The van der Waals surface area contributed by atoms with Gasteiger partial charge in [-0.05, 0) is 108 Å². The van der Waals surface area contributed by atoms with Crippen LogP contribution < -0.4 is 0 Å². The normalized spacial score (nSPS) is 14.6. The van der Waals surface area contributed by atoms with Crippen LogP contribution in [0.15, 0.2) is 212 Å². The van der Waals surface area contributed by atoms with Crippen LogP contribution in [-0.4, -0.2) is 4.57 Å². The molecule has 2 spiro atoms. The summed E-state index contributed by atoms with van der Waals surface area (Å²) < 4.78 is 2.48. The van der Waals surface area contributed by atoms with Crippen molar-refractivity contribution >= 4 is 21.8 Å². The highest BCUT2D eigenvalue weighted by Crippen LogP contribution is 2.67. The molecule has 10 aromatic rings. The van der Waals surface area contributed by atoms with Crippen LogP contribution in [0.2, 0.25) is 0 Å². The van der Waals surface area contributed by atoms with Gasteiger partial charge >= 0.3 is 0 Å². The fourth-order valence-electron chi connectivity index (χ4n) is 11.4. The van der Waals surface area contributed by atoms with E-state index in [4.69, 9.17) is 0 Å². The minimum absolute atomic E-state index is 0.451. The molecule has 0 unspecified atom stereocenters. The van der Waals surface area contributed by atoms with E-state index in [1.165, 1.54) is 99.7 Å². The van der Waals surface area contributed by atoms with Crippen LogP contribution in [0.4, 0.5) is 0 Å². The van der Waals surface area contributed by atoms with E-state index in [0.717, 1.165) is 5.69 Å². The maximum Gasteiger partial charge on any atom is 0.0720 e. The summed E-state index contributed by atoms with van der Waals surface area (Å²) in [5.41, 5.74) is 21.2. The zero-order valence-corrected chi connectivity index (χ0v) is 31.2. The molecule has 0 aliphatic heterocycles. The summed E-state index contributed by atoms with van der Waals surface area (Å²) in [6.07, 6.45) is 0. The Morgan fingerprint density at radius 1 is 0.263 bits per heavy atom. The molecule has 1 nitrogen and oxygen atoms in total. The standard InChI is InChI=1S/C56H35N/c1-2-17-36(18-3-1)37-19-16-20-38(33-37)57-53-32-15-7-24-42(53)44-34-52-43(35-54(44)57)41-23-6-10-27-47(41)56(52)50-30-13-11-28-48(50)55(49-29-12-14-31-51(49)56)45-25-8-4-21-39(45)40-22-5-9-26-46(40)55/h1-35H. The Kier molecular flexibility index (Phi) is 6.09. The van der Waals surface area contributed by atoms with Crippen molar-refractivity contribution in [2.75, 3.05) is 0 Å². The molecular formula is C56H35N. The van der Waals surface area contributed by atoms with Gasteiger partial charge in [0.05, 0.1) is 21.9 Å². The lowest BCUT2D eigenvalue weighted by Gasteiger charge is -2.48. The topological polar surface area (TPSA) is 4.93 Å². The third kappa shape index (κ3) is 3.75. The summed E-state index contributed by atoms with van der Waals surface area (Å²) in [7, 11) is 0. The van der Waals surface area contributed by atoms with Crippen molar-refractivity contribution in [3.8, 4) is 39.1 Å². The quantitative estimate of drug-likeness (QED) is 0.167. The molecule has 0 amide bonds. The van der Waals surface area contributed by atoms with E-state index in [1.807, 2.05) is 0 Å². The highest BCUT2D eigenvalue weighted by Gasteiger charge is 2.58. The summed E-state index contributed by atoms with van der Waals surface area (Å²) in [5.74, 6) is 0. The lowest BCUT2D eigenvalue weighted by atomic mass is 9.52. The number of rotatable bonds is 2. The van der Waals surface area contributed by atoms with Crippen molar-refractivity contribution in [1.29, 1.82) is 0 Å². The summed E-state index contributed by atoms with van der Waals surface area (Å²) in [5, 5.41) is 2.53. The summed E-state index contributed by atoms with van der Waals surface area (Å²) in [6.45, 7) is 0. The third-order valence-corrected chi connectivity index (χ3v) is 13.5. The van der Waals surface area contributed by atoms with Crippen LogP contribution in [0.3, 0.4) is 0 Å². The molecule has 3 aliphatic carbocycles. The molecule has 0 N–H and O–H groups in total. The molecule has 0 saturated carbocycles. The molecule has 264 valence electrons. The largest absolute Gasteiger partial charge is 0.309 e. The first-order valence-corrected chi connectivity index (χ1v) is 20.0. The van der Waals surface area contributed by atoms with E-state index in [9.17, 15) is 0 Å². The Balaban J connectivity index is 1.16. The lowest BCUT2D eigenvalue weighted by molar-refractivity contribution is 0.633. The Morgan fingerprint density at radius 2 is 0.719 bits per heavy atom. The molecule has 0 atom stereocenters. The second-order valence-corrected chi connectivity index (χ2v) is 15.9. The van der Waals surface area contributed by atoms with Gasteiger partial charge in [0.25, 0.3) is 0 Å². The van der Waals surface area contributed by atoms with Crippen molar-refractivity contribution in [3.63, 3.8) is 0 Å². The van der Waals surface area contributed by atoms with Gasteiger partial charge in [-0.15, -0.1) is 0 Å². The highest BCUT2D eigenvalue weighted by atomic mass is 15.0. The molecule has 0 bridgehead atoms. The van der Waals surface area contributed by atoms with Gasteiger partial charge in [0.1, 0.15) is 0 Å². The second kappa shape index (κ2) is 11.2. The van der Waals surface area contributed by atoms with Crippen LogP contribution in [0.5, 0.6) is 0 Å². The predicted octanol–water partition coefficient (Wildman–Crippen LogP) is 13.5. The zero-order chi connectivity index (χ0) is 37.3. The number of nitrogens with zero attached hydrogens (tertiary/aromatic N) is 1. The van der Waals surface area contributed by atoms with Gasteiger partial charge < -0.3 is 4.57 Å². The minimum Gasteiger partial charge on any atom is -0.309 e. The van der Waals surface area contributed by atoms with E-state index in [-0.39, 0.29) is 0 Å². The van der Waals surface area contributed by atoms with Crippen LogP contribution in [0.1, 0.15) is 44.5 Å².